The van der Waals surface area contributed by atoms with Gasteiger partial charge in [-0.2, -0.15) is 0 Å². The average molecular weight is 377 g/mol. The zero-order valence-electron chi connectivity index (χ0n) is 14.3. The van der Waals surface area contributed by atoms with Crippen molar-refractivity contribution in [2.75, 3.05) is 0 Å². The predicted molar refractivity (Wildman–Crippen MR) is 91.3 cm³/mol. The van der Waals surface area contributed by atoms with Gasteiger partial charge in [0.2, 0.25) is 0 Å². The molecule has 0 aliphatic heterocycles. The lowest BCUT2D eigenvalue weighted by Gasteiger charge is -2.10. The van der Waals surface area contributed by atoms with Gasteiger partial charge in [0.05, 0.1) is 0 Å². The second-order valence-corrected chi connectivity index (χ2v) is 5.79. The summed E-state index contributed by atoms with van der Waals surface area (Å²) in [5, 5.41) is 0. The van der Waals surface area contributed by atoms with Crippen molar-refractivity contribution in [3.05, 3.63) is 60.3 Å². The lowest BCUT2D eigenvalue weighted by Crippen LogP contribution is -2.16. The van der Waals surface area contributed by atoms with Gasteiger partial charge in [0.25, 0.3) is 0 Å². The van der Waals surface area contributed by atoms with Crippen molar-refractivity contribution in [2.24, 2.45) is 0 Å². The summed E-state index contributed by atoms with van der Waals surface area (Å²) in [6.45, 7) is 2.05. The molecule has 0 spiro atoms. The van der Waals surface area contributed by atoms with E-state index in [9.17, 15) is 17.6 Å². The van der Waals surface area contributed by atoms with Crippen LogP contribution in [0, 0.1) is 5.82 Å². The van der Waals surface area contributed by atoms with Crippen LogP contribution in [0.3, 0.4) is 0 Å². The summed E-state index contributed by atoms with van der Waals surface area (Å²) in [4.78, 5) is 12.5. The molecule has 8 heteroatoms. The molecule has 3 aromatic rings. The minimum atomic E-state index is -4.78. The molecular weight excluding hydrogens is 362 g/mol. The van der Waals surface area contributed by atoms with E-state index in [1.54, 1.807) is 12.4 Å². The fraction of sp³-hybridized carbons (Fsp3) is 0.211. The first kappa shape index (κ1) is 18.8. The predicted octanol–water partition coefficient (Wildman–Crippen LogP) is 5.20. The number of ether oxygens (including phenoxy) is 1. The third-order valence-corrected chi connectivity index (χ3v) is 3.70. The maximum absolute atomic E-state index is 14.5. The molecule has 140 valence electrons. The van der Waals surface area contributed by atoms with Crippen molar-refractivity contribution >= 4 is 0 Å². The fourth-order valence-corrected chi connectivity index (χ4v) is 2.51. The van der Waals surface area contributed by atoms with Gasteiger partial charge in [0.15, 0.2) is 5.82 Å². The van der Waals surface area contributed by atoms with E-state index >= 15 is 0 Å². The Morgan fingerprint density at radius 1 is 0.926 bits per heavy atom. The Hall–Kier alpha value is -3.03. The van der Waals surface area contributed by atoms with Crippen LogP contribution in [0.4, 0.5) is 17.6 Å². The SMILES string of the molecule is CCCc1cnc(-c2cnc(-c3ccc(OC(F)(F)F)cc3)c(F)c2)nc1. The van der Waals surface area contributed by atoms with Crippen molar-refractivity contribution in [1.82, 2.24) is 15.0 Å². The number of pyridine rings is 1. The van der Waals surface area contributed by atoms with Gasteiger partial charge in [-0.1, -0.05) is 13.3 Å². The highest BCUT2D eigenvalue weighted by Gasteiger charge is 2.31. The molecule has 0 N–H and O–H groups in total. The van der Waals surface area contributed by atoms with Gasteiger partial charge in [-0.15, -0.1) is 13.2 Å². The maximum atomic E-state index is 14.5. The van der Waals surface area contributed by atoms with Crippen LogP contribution in [0.2, 0.25) is 0 Å². The Bertz CT molecular complexity index is 910. The van der Waals surface area contributed by atoms with E-state index in [4.69, 9.17) is 0 Å². The first-order chi connectivity index (χ1) is 12.9. The number of rotatable bonds is 5. The van der Waals surface area contributed by atoms with E-state index in [2.05, 4.69) is 19.7 Å². The van der Waals surface area contributed by atoms with Crippen LogP contribution >= 0.6 is 0 Å². The lowest BCUT2D eigenvalue weighted by molar-refractivity contribution is -0.274. The van der Waals surface area contributed by atoms with Crippen molar-refractivity contribution in [3.8, 4) is 28.4 Å². The minimum Gasteiger partial charge on any atom is -0.406 e. The monoisotopic (exact) mass is 377 g/mol. The van der Waals surface area contributed by atoms with Gasteiger partial charge in [-0.3, -0.25) is 4.98 Å². The number of alkyl halides is 3. The van der Waals surface area contributed by atoms with Gasteiger partial charge in [0.1, 0.15) is 17.3 Å². The first-order valence-corrected chi connectivity index (χ1v) is 8.18. The molecule has 0 bridgehead atoms. The molecule has 2 aromatic heterocycles. The van der Waals surface area contributed by atoms with Crippen LogP contribution in [-0.4, -0.2) is 21.3 Å². The quantitative estimate of drug-likeness (QED) is 0.574. The number of benzene rings is 1. The van der Waals surface area contributed by atoms with E-state index in [0.29, 0.717) is 17.0 Å². The van der Waals surface area contributed by atoms with Gasteiger partial charge >= 0.3 is 6.36 Å². The Labute approximate surface area is 152 Å². The zero-order chi connectivity index (χ0) is 19.4. The van der Waals surface area contributed by atoms with E-state index in [1.807, 2.05) is 6.92 Å². The van der Waals surface area contributed by atoms with E-state index in [0.717, 1.165) is 30.5 Å². The topological polar surface area (TPSA) is 47.9 Å². The van der Waals surface area contributed by atoms with Gasteiger partial charge in [-0.25, -0.2) is 14.4 Å². The Morgan fingerprint density at radius 2 is 1.59 bits per heavy atom. The van der Waals surface area contributed by atoms with E-state index < -0.39 is 12.2 Å². The minimum absolute atomic E-state index is 0.0138. The highest BCUT2D eigenvalue weighted by atomic mass is 19.4. The zero-order valence-corrected chi connectivity index (χ0v) is 14.3. The normalized spacial score (nSPS) is 11.4. The molecule has 2 heterocycles. The third kappa shape index (κ3) is 4.78. The standard InChI is InChI=1S/C19H15F4N3O/c1-2-3-12-9-25-18(26-10-12)14-8-16(20)17(24-11-14)13-4-6-15(7-5-13)27-19(21,22)23/h4-11H,2-3H2,1H3. The van der Waals surface area contributed by atoms with Crippen LogP contribution in [0.25, 0.3) is 22.6 Å². The van der Waals surface area contributed by atoms with Crippen LogP contribution in [0.15, 0.2) is 48.9 Å². The Balaban J connectivity index is 1.82. The highest BCUT2D eigenvalue weighted by molar-refractivity contribution is 5.64. The molecular formula is C19H15F4N3O. The molecule has 0 radical (unpaired) electrons. The Kier molecular flexibility index (Phi) is 5.34. The van der Waals surface area contributed by atoms with Crippen LogP contribution in [-0.2, 0) is 6.42 Å². The summed E-state index contributed by atoms with van der Waals surface area (Å²) in [7, 11) is 0. The third-order valence-electron chi connectivity index (χ3n) is 3.70. The average Bonchev–Trinajstić information content (AvgIpc) is 2.62. The molecule has 0 atom stereocenters. The molecule has 3 rings (SSSR count). The second-order valence-electron chi connectivity index (χ2n) is 5.79. The lowest BCUT2D eigenvalue weighted by atomic mass is 10.1. The number of hydrogen-bond donors (Lipinski definition) is 0. The summed E-state index contributed by atoms with van der Waals surface area (Å²) < 4.78 is 54.8. The van der Waals surface area contributed by atoms with Crippen molar-refractivity contribution < 1.29 is 22.3 Å². The fourth-order valence-electron chi connectivity index (χ4n) is 2.51. The summed E-state index contributed by atoms with van der Waals surface area (Å²) in [6, 6.07) is 6.07. The summed E-state index contributed by atoms with van der Waals surface area (Å²) in [5.74, 6) is -0.663. The summed E-state index contributed by atoms with van der Waals surface area (Å²) in [6.07, 6.45) is 1.86. The smallest absolute Gasteiger partial charge is 0.406 e. The number of halogens is 4. The largest absolute Gasteiger partial charge is 0.573 e. The van der Waals surface area contributed by atoms with Crippen molar-refractivity contribution in [2.45, 2.75) is 26.1 Å². The summed E-state index contributed by atoms with van der Waals surface area (Å²) in [5.41, 5.74) is 1.75. The molecule has 0 unspecified atom stereocenters. The molecule has 27 heavy (non-hydrogen) atoms. The summed E-state index contributed by atoms with van der Waals surface area (Å²) >= 11 is 0. The molecule has 0 fully saturated rings. The van der Waals surface area contributed by atoms with Gasteiger partial charge in [0, 0.05) is 29.7 Å². The molecule has 0 saturated heterocycles. The van der Waals surface area contributed by atoms with Crippen LogP contribution in [0.1, 0.15) is 18.9 Å². The van der Waals surface area contributed by atoms with E-state index in [-0.39, 0.29) is 11.4 Å². The van der Waals surface area contributed by atoms with Crippen molar-refractivity contribution in [3.63, 3.8) is 0 Å². The van der Waals surface area contributed by atoms with E-state index in [1.165, 1.54) is 24.4 Å². The van der Waals surface area contributed by atoms with Crippen LogP contribution in [0.5, 0.6) is 5.75 Å². The van der Waals surface area contributed by atoms with Crippen molar-refractivity contribution in [1.29, 1.82) is 0 Å². The Morgan fingerprint density at radius 3 is 2.15 bits per heavy atom. The van der Waals surface area contributed by atoms with Gasteiger partial charge < -0.3 is 4.74 Å². The molecule has 1 aromatic carbocycles. The van der Waals surface area contributed by atoms with Gasteiger partial charge in [-0.05, 0) is 42.3 Å². The number of nitrogens with zero attached hydrogens (tertiary/aromatic N) is 3. The second kappa shape index (κ2) is 7.69. The molecule has 0 amide bonds. The maximum Gasteiger partial charge on any atom is 0.573 e. The first-order valence-electron chi connectivity index (χ1n) is 8.18. The number of aromatic nitrogens is 3. The van der Waals surface area contributed by atoms with Crippen LogP contribution < -0.4 is 4.74 Å². The number of hydrogen-bond acceptors (Lipinski definition) is 4. The molecule has 0 aliphatic carbocycles. The number of aryl methyl sites for hydroxylation is 1. The molecule has 0 saturated carbocycles. The molecule has 0 aliphatic rings. The molecule has 4 nitrogen and oxygen atoms in total. The highest BCUT2D eigenvalue weighted by Crippen LogP contribution is 2.28.